The quantitative estimate of drug-likeness (QED) is 0.402. The Kier molecular flexibility index (Phi) is 5.53. The van der Waals surface area contributed by atoms with E-state index in [4.69, 9.17) is 4.74 Å². The lowest BCUT2D eigenvalue weighted by Crippen LogP contribution is -2.13. The zero-order chi connectivity index (χ0) is 12.1. The Morgan fingerprint density at radius 2 is 1.67 bits per heavy atom. The largest absolute Gasteiger partial charge is 0.459 e. The summed E-state index contributed by atoms with van der Waals surface area (Å²) in [5.41, 5.74) is 0. The Bertz CT molecular complexity index is 330. The predicted molar refractivity (Wildman–Crippen MR) is 55.8 cm³/mol. The van der Waals surface area contributed by atoms with Crippen LogP contribution in [-0.2, 0) is 23.8 Å². The topological polar surface area (TPSA) is 69.7 Å². The smallest absolute Gasteiger partial charge is 0.303 e. The minimum absolute atomic E-state index is 0.385. The summed E-state index contributed by atoms with van der Waals surface area (Å²) in [5, 5.41) is 0. The summed E-state index contributed by atoms with van der Waals surface area (Å²) < 4.78 is 30.9. The van der Waals surface area contributed by atoms with Crippen molar-refractivity contribution in [3.63, 3.8) is 0 Å². The van der Waals surface area contributed by atoms with Crippen LogP contribution in [0.2, 0.25) is 0 Å². The van der Waals surface area contributed by atoms with Crippen LogP contribution in [0.25, 0.3) is 0 Å². The Labute approximate surface area is 90.2 Å². The van der Waals surface area contributed by atoms with Crippen molar-refractivity contribution in [2.45, 2.75) is 33.0 Å². The maximum atomic E-state index is 10.7. The SMILES string of the molecule is CC(=O)OC(C)/C=C/C(C)OS(C)(=O)=O. The van der Waals surface area contributed by atoms with E-state index >= 15 is 0 Å². The number of carbonyl (C=O) groups excluding carboxylic acids is 1. The Balaban J connectivity index is 4.11. The van der Waals surface area contributed by atoms with Gasteiger partial charge < -0.3 is 4.74 Å². The third-order valence-corrected chi connectivity index (χ3v) is 1.98. The maximum Gasteiger partial charge on any atom is 0.303 e. The van der Waals surface area contributed by atoms with Gasteiger partial charge in [-0.15, -0.1) is 0 Å². The van der Waals surface area contributed by atoms with E-state index in [0.29, 0.717) is 0 Å². The molecule has 0 fully saturated rings. The van der Waals surface area contributed by atoms with Gasteiger partial charge in [-0.1, -0.05) is 6.08 Å². The molecule has 0 aromatic heterocycles. The molecule has 15 heavy (non-hydrogen) atoms. The van der Waals surface area contributed by atoms with E-state index in [2.05, 4.69) is 4.18 Å². The summed E-state index contributed by atoms with van der Waals surface area (Å²) >= 11 is 0. The Hall–Kier alpha value is -0.880. The third-order valence-electron chi connectivity index (χ3n) is 1.33. The summed E-state index contributed by atoms with van der Waals surface area (Å²) in [6.07, 6.45) is 3.10. The van der Waals surface area contributed by atoms with Crippen LogP contribution in [0, 0.1) is 0 Å². The molecule has 0 spiro atoms. The van der Waals surface area contributed by atoms with E-state index < -0.39 is 22.3 Å². The van der Waals surface area contributed by atoms with Crippen molar-refractivity contribution in [2.24, 2.45) is 0 Å². The van der Waals surface area contributed by atoms with E-state index in [0.717, 1.165) is 6.26 Å². The van der Waals surface area contributed by atoms with Crippen molar-refractivity contribution in [2.75, 3.05) is 6.26 Å². The van der Waals surface area contributed by atoms with Gasteiger partial charge in [0.15, 0.2) is 0 Å². The molecule has 0 bridgehead atoms. The van der Waals surface area contributed by atoms with Gasteiger partial charge in [-0.3, -0.25) is 8.98 Å². The van der Waals surface area contributed by atoms with E-state index in [9.17, 15) is 13.2 Å². The van der Waals surface area contributed by atoms with Crippen LogP contribution in [0.5, 0.6) is 0 Å². The number of hydrogen-bond donors (Lipinski definition) is 0. The third kappa shape index (κ3) is 9.42. The van der Waals surface area contributed by atoms with Crippen molar-refractivity contribution in [3.8, 4) is 0 Å². The first-order chi connectivity index (χ1) is 6.70. The predicted octanol–water partition coefficient (Wildman–Crippen LogP) is 0.859. The molecule has 0 saturated heterocycles. The molecular formula is C9H16O5S. The molecule has 0 heterocycles. The molecule has 0 aromatic rings. The molecule has 0 N–H and O–H groups in total. The van der Waals surface area contributed by atoms with E-state index in [1.807, 2.05) is 0 Å². The van der Waals surface area contributed by atoms with Gasteiger partial charge in [0.05, 0.1) is 12.4 Å². The van der Waals surface area contributed by atoms with Crippen LogP contribution in [0.1, 0.15) is 20.8 Å². The standard InChI is InChI=1S/C9H16O5S/c1-7(13-9(3)10)5-6-8(2)14-15(4,11)12/h5-8H,1-4H3/b6-5+. The number of ether oxygens (including phenoxy) is 1. The molecule has 2 unspecified atom stereocenters. The van der Waals surface area contributed by atoms with Crippen molar-refractivity contribution < 1.29 is 22.1 Å². The van der Waals surface area contributed by atoms with Crippen LogP contribution >= 0.6 is 0 Å². The summed E-state index contributed by atoms with van der Waals surface area (Å²) in [5.74, 6) is -0.385. The minimum Gasteiger partial charge on any atom is -0.459 e. The molecule has 0 radical (unpaired) electrons. The molecule has 6 heteroatoms. The fourth-order valence-electron chi connectivity index (χ4n) is 0.922. The van der Waals surface area contributed by atoms with Crippen molar-refractivity contribution in [3.05, 3.63) is 12.2 Å². The van der Waals surface area contributed by atoms with Crippen LogP contribution in [0.3, 0.4) is 0 Å². The molecule has 0 saturated carbocycles. The second kappa shape index (κ2) is 5.87. The van der Waals surface area contributed by atoms with Gasteiger partial charge in [-0.25, -0.2) is 0 Å². The average molecular weight is 236 g/mol. The molecule has 0 rings (SSSR count). The number of hydrogen-bond acceptors (Lipinski definition) is 5. The lowest BCUT2D eigenvalue weighted by atomic mass is 10.3. The van der Waals surface area contributed by atoms with E-state index in [1.165, 1.54) is 13.0 Å². The second-order valence-electron chi connectivity index (χ2n) is 3.20. The number of esters is 1. The van der Waals surface area contributed by atoms with E-state index in [1.54, 1.807) is 19.9 Å². The Morgan fingerprint density at radius 1 is 1.20 bits per heavy atom. The van der Waals surface area contributed by atoms with Crippen LogP contribution in [-0.4, -0.2) is 32.9 Å². The molecule has 0 aromatic carbocycles. The first kappa shape index (κ1) is 14.1. The van der Waals surface area contributed by atoms with Crippen molar-refractivity contribution >= 4 is 16.1 Å². The molecule has 0 aliphatic carbocycles. The van der Waals surface area contributed by atoms with Crippen LogP contribution < -0.4 is 0 Å². The van der Waals surface area contributed by atoms with Gasteiger partial charge in [0.1, 0.15) is 6.10 Å². The normalized spacial score (nSPS) is 16.3. The Morgan fingerprint density at radius 3 is 2.07 bits per heavy atom. The highest BCUT2D eigenvalue weighted by Gasteiger charge is 2.07. The fourth-order valence-corrected chi connectivity index (χ4v) is 1.54. The molecule has 0 amide bonds. The van der Waals surface area contributed by atoms with Gasteiger partial charge in [-0.05, 0) is 19.9 Å². The van der Waals surface area contributed by atoms with Gasteiger partial charge in [-0.2, -0.15) is 8.42 Å². The highest BCUT2D eigenvalue weighted by atomic mass is 32.2. The van der Waals surface area contributed by atoms with Gasteiger partial charge >= 0.3 is 5.97 Å². The summed E-state index contributed by atoms with van der Waals surface area (Å²) in [7, 11) is -3.45. The minimum atomic E-state index is -3.45. The number of carbonyl (C=O) groups is 1. The molecule has 0 aliphatic heterocycles. The molecule has 5 nitrogen and oxygen atoms in total. The lowest BCUT2D eigenvalue weighted by Gasteiger charge is -2.08. The highest BCUT2D eigenvalue weighted by Crippen LogP contribution is 2.01. The van der Waals surface area contributed by atoms with Crippen LogP contribution in [0.15, 0.2) is 12.2 Å². The van der Waals surface area contributed by atoms with Crippen molar-refractivity contribution in [1.29, 1.82) is 0 Å². The van der Waals surface area contributed by atoms with Gasteiger partial charge in [0.2, 0.25) is 0 Å². The second-order valence-corrected chi connectivity index (χ2v) is 4.81. The van der Waals surface area contributed by atoms with E-state index in [-0.39, 0.29) is 5.97 Å². The zero-order valence-corrected chi connectivity index (χ0v) is 10.1. The monoisotopic (exact) mass is 236 g/mol. The highest BCUT2D eigenvalue weighted by molar-refractivity contribution is 7.86. The lowest BCUT2D eigenvalue weighted by molar-refractivity contribution is -0.143. The van der Waals surface area contributed by atoms with Gasteiger partial charge in [0.25, 0.3) is 10.1 Å². The molecular weight excluding hydrogens is 220 g/mol. The first-order valence-electron chi connectivity index (χ1n) is 4.44. The fraction of sp³-hybridized carbons (Fsp3) is 0.667. The zero-order valence-electron chi connectivity index (χ0n) is 9.26. The molecule has 88 valence electrons. The number of rotatable bonds is 5. The summed E-state index contributed by atoms with van der Waals surface area (Å²) in [6.45, 7) is 4.56. The van der Waals surface area contributed by atoms with Crippen LogP contribution in [0.4, 0.5) is 0 Å². The molecule has 2 atom stereocenters. The van der Waals surface area contributed by atoms with Gasteiger partial charge in [0, 0.05) is 6.92 Å². The molecule has 0 aliphatic rings. The summed E-state index contributed by atoms with van der Waals surface area (Å²) in [4.78, 5) is 10.5. The summed E-state index contributed by atoms with van der Waals surface area (Å²) in [6, 6.07) is 0. The van der Waals surface area contributed by atoms with Crippen molar-refractivity contribution in [1.82, 2.24) is 0 Å². The average Bonchev–Trinajstić information content (AvgIpc) is 1.96. The maximum absolute atomic E-state index is 10.7. The first-order valence-corrected chi connectivity index (χ1v) is 6.26.